The van der Waals surface area contributed by atoms with Crippen molar-refractivity contribution in [3.05, 3.63) is 0 Å². The van der Waals surface area contributed by atoms with Gasteiger partial charge in [-0.25, -0.2) is 9.78 Å². The molecule has 2 spiro atoms. The molecule has 2 bridgehead atoms. The van der Waals surface area contributed by atoms with E-state index in [-0.39, 0.29) is 23.4 Å². The van der Waals surface area contributed by atoms with Crippen LogP contribution in [0.4, 0.5) is 0 Å². The molecule has 4 aliphatic heterocycles. The summed E-state index contributed by atoms with van der Waals surface area (Å²) in [5.74, 6) is 0.330. The second kappa shape index (κ2) is 4.31. The highest BCUT2D eigenvalue weighted by Gasteiger charge is 2.87. The Morgan fingerprint density at radius 2 is 1.96 bits per heavy atom. The van der Waals surface area contributed by atoms with Gasteiger partial charge in [0.1, 0.15) is 0 Å². The molecule has 8 unspecified atom stereocenters. The summed E-state index contributed by atoms with van der Waals surface area (Å²) in [5, 5.41) is 0. The predicted molar refractivity (Wildman–Crippen MR) is 81.0 cm³/mol. The number of rotatable bonds is 2. The van der Waals surface area contributed by atoms with Gasteiger partial charge in [-0.3, -0.25) is 0 Å². The minimum absolute atomic E-state index is 0.00268. The normalized spacial score (nSPS) is 63.1. The first-order chi connectivity index (χ1) is 10.9. The fraction of sp³-hybridized carbons (Fsp3) is 1.00. The van der Waals surface area contributed by atoms with Crippen LogP contribution in [0.5, 0.6) is 0 Å². The van der Waals surface area contributed by atoms with E-state index in [1.54, 1.807) is 0 Å². The maximum atomic E-state index is 6.39. The third-order valence-corrected chi connectivity index (χ3v) is 7.71. The Labute approximate surface area is 137 Å². The predicted octanol–water partition coefficient (Wildman–Crippen LogP) is 3.38. The van der Waals surface area contributed by atoms with Crippen molar-refractivity contribution in [2.45, 2.75) is 83.8 Å². The maximum absolute atomic E-state index is 6.39. The molecular formula is C18H28O5. The zero-order valence-corrected chi connectivity index (χ0v) is 14.6. The fourth-order valence-corrected chi connectivity index (χ4v) is 6.35. The summed E-state index contributed by atoms with van der Waals surface area (Å²) in [6, 6.07) is 0. The zero-order valence-electron chi connectivity index (χ0n) is 14.6. The van der Waals surface area contributed by atoms with Gasteiger partial charge < -0.3 is 14.2 Å². The van der Waals surface area contributed by atoms with Crippen LogP contribution in [0.3, 0.4) is 0 Å². The Morgan fingerprint density at radius 1 is 1.13 bits per heavy atom. The van der Waals surface area contributed by atoms with E-state index in [0.717, 1.165) is 25.7 Å². The summed E-state index contributed by atoms with van der Waals surface area (Å²) in [6.45, 7) is 9.30. The summed E-state index contributed by atoms with van der Waals surface area (Å²) in [7, 11) is 0. The van der Waals surface area contributed by atoms with E-state index in [9.17, 15) is 0 Å². The highest BCUT2D eigenvalue weighted by atomic mass is 17.3. The Balaban J connectivity index is 1.65. The second-order valence-corrected chi connectivity index (χ2v) is 8.80. The van der Waals surface area contributed by atoms with Crippen molar-refractivity contribution in [1.82, 2.24) is 0 Å². The SMILES string of the molecule is CCOC1OC2OC3(C)CCC4C(C)CCC5(CC15C)C24OO3. The van der Waals surface area contributed by atoms with Crippen LogP contribution in [0.1, 0.15) is 59.8 Å². The molecule has 0 aromatic rings. The highest BCUT2D eigenvalue weighted by Crippen LogP contribution is 2.82. The van der Waals surface area contributed by atoms with Gasteiger partial charge in [-0.05, 0) is 51.4 Å². The number of fused-ring (bicyclic) bond motifs is 2. The van der Waals surface area contributed by atoms with Gasteiger partial charge >= 0.3 is 0 Å². The van der Waals surface area contributed by atoms with Gasteiger partial charge in [0.05, 0.1) is 0 Å². The van der Waals surface area contributed by atoms with Crippen molar-refractivity contribution in [2.24, 2.45) is 22.7 Å². The summed E-state index contributed by atoms with van der Waals surface area (Å²) in [6.07, 6.45) is 4.81. The minimum Gasteiger partial charge on any atom is -0.352 e. The van der Waals surface area contributed by atoms with Crippen LogP contribution < -0.4 is 0 Å². The van der Waals surface area contributed by atoms with Crippen molar-refractivity contribution in [2.75, 3.05) is 6.61 Å². The van der Waals surface area contributed by atoms with E-state index < -0.39 is 11.4 Å². The second-order valence-electron chi connectivity index (χ2n) is 8.80. The smallest absolute Gasteiger partial charge is 0.201 e. The van der Waals surface area contributed by atoms with Crippen LogP contribution in [-0.2, 0) is 24.0 Å². The number of hydrogen-bond acceptors (Lipinski definition) is 5. The van der Waals surface area contributed by atoms with E-state index in [2.05, 4.69) is 13.8 Å². The van der Waals surface area contributed by atoms with E-state index in [1.165, 1.54) is 6.42 Å². The molecule has 6 rings (SSSR count). The third-order valence-electron chi connectivity index (χ3n) is 7.71. The van der Waals surface area contributed by atoms with Crippen LogP contribution in [0, 0.1) is 22.7 Å². The first-order valence-corrected chi connectivity index (χ1v) is 9.23. The van der Waals surface area contributed by atoms with Gasteiger partial charge in [-0.2, -0.15) is 0 Å². The molecule has 2 aliphatic carbocycles. The van der Waals surface area contributed by atoms with Gasteiger partial charge in [0.2, 0.25) is 5.79 Å². The van der Waals surface area contributed by atoms with Gasteiger partial charge in [-0.15, -0.1) is 0 Å². The van der Waals surface area contributed by atoms with Crippen molar-refractivity contribution in [3.8, 4) is 0 Å². The van der Waals surface area contributed by atoms with Crippen LogP contribution in [0.15, 0.2) is 0 Å². The van der Waals surface area contributed by atoms with Crippen LogP contribution in [0.2, 0.25) is 0 Å². The number of hydrogen-bond donors (Lipinski definition) is 0. The van der Waals surface area contributed by atoms with E-state index in [0.29, 0.717) is 18.4 Å². The summed E-state index contributed by atoms with van der Waals surface area (Å²) in [5.41, 5.74) is -0.405. The van der Waals surface area contributed by atoms with Gasteiger partial charge in [0.15, 0.2) is 18.2 Å². The summed E-state index contributed by atoms with van der Waals surface area (Å²) >= 11 is 0. The van der Waals surface area contributed by atoms with Crippen molar-refractivity contribution >= 4 is 0 Å². The number of ether oxygens (including phenoxy) is 3. The monoisotopic (exact) mass is 324 g/mol. The van der Waals surface area contributed by atoms with Crippen molar-refractivity contribution in [1.29, 1.82) is 0 Å². The fourth-order valence-electron chi connectivity index (χ4n) is 6.35. The quantitative estimate of drug-likeness (QED) is 0.729. The molecular weight excluding hydrogens is 296 g/mol. The van der Waals surface area contributed by atoms with E-state index in [4.69, 9.17) is 24.0 Å². The van der Waals surface area contributed by atoms with Crippen LogP contribution >= 0.6 is 0 Å². The zero-order chi connectivity index (χ0) is 16.1. The minimum atomic E-state index is -0.701. The van der Waals surface area contributed by atoms with Crippen molar-refractivity contribution in [3.63, 3.8) is 0 Å². The Kier molecular flexibility index (Phi) is 2.82. The molecule has 0 aromatic heterocycles. The van der Waals surface area contributed by atoms with E-state index >= 15 is 0 Å². The molecule has 0 aromatic carbocycles. The lowest BCUT2D eigenvalue weighted by Crippen LogP contribution is -2.70. The van der Waals surface area contributed by atoms with E-state index in [1.807, 2.05) is 13.8 Å². The first-order valence-electron chi connectivity index (χ1n) is 9.23. The van der Waals surface area contributed by atoms with Gasteiger partial charge in [-0.1, -0.05) is 13.8 Å². The molecule has 5 nitrogen and oxygen atoms in total. The molecule has 0 amide bonds. The van der Waals surface area contributed by atoms with Gasteiger partial charge in [0, 0.05) is 23.9 Å². The summed E-state index contributed by atoms with van der Waals surface area (Å²) in [4.78, 5) is 12.1. The lowest BCUT2D eigenvalue weighted by atomic mass is 9.57. The average molecular weight is 324 g/mol. The molecule has 4 heterocycles. The molecule has 0 N–H and O–H groups in total. The molecule has 6 aliphatic rings. The highest BCUT2D eigenvalue weighted by molar-refractivity contribution is 5.30. The standard InChI is InChI=1S/C18H28O5/c1-5-19-13-15(3)10-17(15)9-6-11(2)12-7-8-16(4)21-14(20-13)18(12,17)23-22-16/h11-14H,5-10H2,1-4H3. The molecule has 23 heavy (non-hydrogen) atoms. The van der Waals surface area contributed by atoms with Crippen LogP contribution in [0.25, 0.3) is 0 Å². The van der Waals surface area contributed by atoms with Crippen LogP contribution in [-0.4, -0.2) is 30.6 Å². The lowest BCUT2D eigenvalue weighted by Gasteiger charge is -2.60. The molecule has 0 radical (unpaired) electrons. The topological polar surface area (TPSA) is 46.2 Å². The Hall–Kier alpha value is -0.200. The molecule has 4 saturated heterocycles. The Morgan fingerprint density at radius 3 is 2.74 bits per heavy atom. The molecule has 2 saturated carbocycles. The molecule has 8 atom stereocenters. The van der Waals surface area contributed by atoms with Gasteiger partial charge in [0.25, 0.3) is 0 Å². The molecule has 5 heteroatoms. The maximum Gasteiger partial charge on any atom is 0.201 e. The van der Waals surface area contributed by atoms with Crippen molar-refractivity contribution < 1.29 is 24.0 Å². The Bertz CT molecular complexity index is 540. The molecule has 6 fully saturated rings. The lowest BCUT2D eigenvalue weighted by molar-refractivity contribution is -0.578. The molecule has 130 valence electrons. The largest absolute Gasteiger partial charge is 0.352 e. The average Bonchev–Trinajstić information content (AvgIpc) is 3.19. The first kappa shape index (κ1) is 15.1. The summed E-state index contributed by atoms with van der Waals surface area (Å²) < 4.78 is 18.7. The third kappa shape index (κ3) is 1.53.